The van der Waals surface area contributed by atoms with Crippen molar-refractivity contribution in [1.29, 1.82) is 0 Å². The first-order chi connectivity index (χ1) is 16.9. The number of phosphoric ester groups is 1. The van der Waals surface area contributed by atoms with Gasteiger partial charge in [0.2, 0.25) is 0 Å². The van der Waals surface area contributed by atoms with Gasteiger partial charge in [0.25, 0.3) is 7.82 Å². The summed E-state index contributed by atoms with van der Waals surface area (Å²) in [6, 6.07) is 0. The molecule has 0 aromatic heterocycles. The molecule has 2 atom stereocenters. The lowest BCUT2D eigenvalue weighted by molar-refractivity contribution is -0.870. The minimum Gasteiger partial charge on any atom is -0.756 e. The molecule has 8 nitrogen and oxygen atoms in total. The Morgan fingerprint density at radius 1 is 0.778 bits per heavy atom. The maximum atomic E-state index is 12.1. The zero-order chi connectivity index (χ0) is 27.3. The van der Waals surface area contributed by atoms with Crippen molar-refractivity contribution in [3.05, 3.63) is 0 Å². The van der Waals surface area contributed by atoms with Crippen molar-refractivity contribution in [1.82, 2.24) is 0 Å². The molecule has 0 fully saturated rings. The fourth-order valence-corrected chi connectivity index (χ4v) is 4.62. The highest BCUT2D eigenvalue weighted by Crippen LogP contribution is 2.39. The van der Waals surface area contributed by atoms with Crippen molar-refractivity contribution in [2.24, 2.45) is 0 Å². The van der Waals surface area contributed by atoms with Crippen LogP contribution in [0.4, 0.5) is 0 Å². The zero-order valence-electron chi connectivity index (χ0n) is 24.2. The summed E-state index contributed by atoms with van der Waals surface area (Å²) in [5, 5.41) is 0. The van der Waals surface area contributed by atoms with Crippen LogP contribution in [-0.4, -0.2) is 70.2 Å². The van der Waals surface area contributed by atoms with Crippen LogP contribution in [0.1, 0.15) is 111 Å². The number of hydrogen-bond donors (Lipinski definition) is 0. The van der Waals surface area contributed by atoms with Crippen LogP contribution in [-0.2, 0) is 27.9 Å². The molecule has 0 aliphatic carbocycles. The van der Waals surface area contributed by atoms with Crippen LogP contribution in [0.5, 0.6) is 0 Å². The van der Waals surface area contributed by atoms with E-state index in [0.717, 1.165) is 12.8 Å². The van der Waals surface area contributed by atoms with E-state index in [1.165, 1.54) is 84.0 Å². The quantitative estimate of drug-likeness (QED) is 0.0609. The van der Waals surface area contributed by atoms with Crippen molar-refractivity contribution in [3.63, 3.8) is 0 Å². The smallest absolute Gasteiger partial charge is 0.303 e. The van der Waals surface area contributed by atoms with Gasteiger partial charge in [-0.05, 0) is 13.3 Å². The van der Waals surface area contributed by atoms with Crippen molar-refractivity contribution < 1.29 is 37.3 Å². The second-order valence-electron chi connectivity index (χ2n) is 11.3. The molecule has 0 radical (unpaired) electrons. The topological polar surface area (TPSA) is 94.1 Å². The predicted molar refractivity (Wildman–Crippen MR) is 144 cm³/mol. The van der Waals surface area contributed by atoms with Gasteiger partial charge in [-0.15, -0.1) is 0 Å². The average Bonchev–Trinajstić information content (AvgIpc) is 2.76. The van der Waals surface area contributed by atoms with Crippen LogP contribution in [0, 0.1) is 0 Å². The summed E-state index contributed by atoms with van der Waals surface area (Å²) in [4.78, 5) is 23.6. The number of likely N-dealkylation sites (N-methyl/N-ethyl adjacent to an activating group) is 1. The highest BCUT2D eigenvalue weighted by atomic mass is 31.2. The zero-order valence-corrected chi connectivity index (χ0v) is 25.1. The van der Waals surface area contributed by atoms with Gasteiger partial charge in [-0.3, -0.25) is 9.36 Å². The lowest BCUT2D eigenvalue weighted by Crippen LogP contribution is -2.41. The van der Waals surface area contributed by atoms with E-state index in [2.05, 4.69) is 6.92 Å². The van der Waals surface area contributed by atoms with Crippen LogP contribution in [0.2, 0.25) is 0 Å². The molecule has 0 aromatic carbocycles. The Balaban J connectivity index is 3.94. The molecule has 0 aliphatic rings. The second kappa shape index (κ2) is 20.5. The summed E-state index contributed by atoms with van der Waals surface area (Å²) < 4.78 is 33.6. The largest absolute Gasteiger partial charge is 0.756 e. The van der Waals surface area contributed by atoms with Gasteiger partial charge in [0.1, 0.15) is 13.2 Å². The predicted octanol–water partition coefficient (Wildman–Crippen LogP) is 6.01. The number of nitrogens with zero attached hydrogens (tertiary/aromatic N) is 1. The van der Waals surface area contributed by atoms with E-state index >= 15 is 0 Å². The lowest BCUT2D eigenvalue weighted by Gasteiger charge is -2.32. The van der Waals surface area contributed by atoms with Crippen LogP contribution in [0.25, 0.3) is 0 Å². The maximum Gasteiger partial charge on any atom is 0.303 e. The number of esters is 1. The summed E-state index contributed by atoms with van der Waals surface area (Å²) in [6.07, 6.45) is 18.1. The van der Waals surface area contributed by atoms with Crippen molar-refractivity contribution in [2.45, 2.75) is 116 Å². The van der Waals surface area contributed by atoms with Gasteiger partial charge in [0.15, 0.2) is 5.60 Å². The Bertz CT molecular complexity index is 597. The Morgan fingerprint density at radius 3 is 1.69 bits per heavy atom. The number of carbonyl (C=O) groups is 1. The molecular weight excluding hydrogens is 481 g/mol. The Hall–Kier alpha value is -0.500. The standard InChI is InChI=1S/C27H56NO7P/c1-7-8-9-10-11-12-13-14-15-16-17-18-19-20-22-32-24-27(3,35-26(2)29)25-34-36(30,31)33-23-21-28(4,5)6/h7-25H2,1-6H3/t27-/m1/s1. The molecule has 216 valence electrons. The normalized spacial score (nSPS) is 15.4. The fourth-order valence-electron chi connectivity index (χ4n) is 3.81. The number of unbranched alkanes of at least 4 members (excludes halogenated alkanes) is 13. The third-order valence-corrected chi connectivity index (χ3v) is 6.92. The molecule has 0 amide bonds. The summed E-state index contributed by atoms with van der Waals surface area (Å²) in [6.45, 7) is 5.91. The van der Waals surface area contributed by atoms with E-state index in [9.17, 15) is 14.3 Å². The molecule has 0 aromatic rings. The molecule has 0 bridgehead atoms. The van der Waals surface area contributed by atoms with Crippen LogP contribution < -0.4 is 4.89 Å². The Labute approximate surface area is 221 Å². The van der Waals surface area contributed by atoms with Gasteiger partial charge >= 0.3 is 5.97 Å². The van der Waals surface area contributed by atoms with Gasteiger partial charge < -0.3 is 27.9 Å². The summed E-state index contributed by atoms with van der Waals surface area (Å²) in [5.41, 5.74) is -1.20. The van der Waals surface area contributed by atoms with E-state index < -0.39 is 19.4 Å². The number of phosphoric acid groups is 1. The molecule has 0 rings (SSSR count). The Kier molecular flexibility index (Phi) is 20.2. The first-order valence-corrected chi connectivity index (χ1v) is 15.5. The Morgan fingerprint density at radius 2 is 1.25 bits per heavy atom. The minimum absolute atomic E-state index is 0.0180. The monoisotopic (exact) mass is 537 g/mol. The molecular formula is C27H56NO7P. The third-order valence-electron chi connectivity index (χ3n) is 5.98. The number of carbonyl (C=O) groups excluding carboxylic acids is 1. The first-order valence-electron chi connectivity index (χ1n) is 14.1. The third kappa shape index (κ3) is 23.9. The SMILES string of the molecule is CCCCCCCCCCCCCCCCOC[C@](C)(COP(=O)([O-])OCC[N+](C)(C)C)OC(C)=O. The van der Waals surface area contributed by atoms with Crippen molar-refractivity contribution >= 4 is 13.8 Å². The molecule has 0 N–H and O–H groups in total. The summed E-state index contributed by atoms with van der Waals surface area (Å²) >= 11 is 0. The molecule has 36 heavy (non-hydrogen) atoms. The van der Waals surface area contributed by atoms with Crippen molar-refractivity contribution in [2.75, 3.05) is 54.1 Å². The average molecular weight is 538 g/mol. The number of hydrogen-bond acceptors (Lipinski definition) is 7. The molecule has 0 aliphatic heterocycles. The number of quaternary nitrogens is 1. The second-order valence-corrected chi connectivity index (χ2v) is 12.7. The van der Waals surface area contributed by atoms with E-state index in [1.54, 1.807) is 6.92 Å². The maximum absolute atomic E-state index is 12.1. The molecule has 1 unspecified atom stereocenters. The van der Waals surface area contributed by atoms with Crippen LogP contribution in [0.15, 0.2) is 0 Å². The van der Waals surface area contributed by atoms with Gasteiger partial charge in [0, 0.05) is 13.5 Å². The fraction of sp³-hybridized carbons (Fsp3) is 0.963. The highest BCUT2D eigenvalue weighted by Gasteiger charge is 2.31. The van der Waals surface area contributed by atoms with Gasteiger partial charge in [-0.2, -0.15) is 0 Å². The van der Waals surface area contributed by atoms with Crippen LogP contribution >= 0.6 is 7.82 Å². The molecule has 0 spiro atoms. The summed E-state index contributed by atoms with van der Waals surface area (Å²) in [7, 11) is 1.31. The number of rotatable bonds is 25. The molecule has 0 saturated heterocycles. The molecule has 0 saturated carbocycles. The van der Waals surface area contributed by atoms with Gasteiger partial charge in [-0.1, -0.05) is 90.4 Å². The minimum atomic E-state index is -4.50. The van der Waals surface area contributed by atoms with E-state index in [4.69, 9.17) is 18.5 Å². The van der Waals surface area contributed by atoms with Gasteiger partial charge in [0.05, 0.1) is 34.4 Å². The van der Waals surface area contributed by atoms with E-state index in [0.29, 0.717) is 17.6 Å². The molecule has 9 heteroatoms. The molecule has 0 heterocycles. The first kappa shape index (κ1) is 35.5. The van der Waals surface area contributed by atoms with E-state index in [1.807, 2.05) is 21.1 Å². The van der Waals surface area contributed by atoms with Gasteiger partial charge in [-0.25, -0.2) is 0 Å². The van der Waals surface area contributed by atoms with Crippen molar-refractivity contribution in [3.8, 4) is 0 Å². The summed E-state index contributed by atoms with van der Waals surface area (Å²) in [5.74, 6) is -0.520. The number of ether oxygens (including phenoxy) is 2. The van der Waals surface area contributed by atoms with Crippen LogP contribution in [0.3, 0.4) is 0 Å². The van der Waals surface area contributed by atoms with E-state index in [-0.39, 0.29) is 19.8 Å². The lowest BCUT2D eigenvalue weighted by atomic mass is 10.0. The highest BCUT2D eigenvalue weighted by molar-refractivity contribution is 7.45.